The Hall–Kier alpha value is -1.54. The molecule has 9 heteroatoms. The van der Waals surface area contributed by atoms with Crippen LogP contribution in [0.25, 0.3) is 10.2 Å². The number of fused-ring (bicyclic) bond motifs is 3. The van der Waals surface area contributed by atoms with Gasteiger partial charge in [-0.15, -0.1) is 11.3 Å². The third-order valence-electron chi connectivity index (χ3n) is 4.77. The number of hydrogen-bond donors (Lipinski definition) is 1. The van der Waals surface area contributed by atoms with Gasteiger partial charge in [0.1, 0.15) is 4.83 Å². The minimum Gasteiger partial charge on any atom is -0.324 e. The predicted molar refractivity (Wildman–Crippen MR) is 117 cm³/mol. The summed E-state index contributed by atoms with van der Waals surface area (Å²) < 4.78 is 1.54. The number of nitrogens with one attached hydrogen (secondary N) is 1. The van der Waals surface area contributed by atoms with E-state index in [1.54, 1.807) is 43.5 Å². The van der Waals surface area contributed by atoms with Crippen molar-refractivity contribution >= 4 is 68.1 Å². The molecule has 4 rings (SSSR count). The molecule has 1 aromatic carbocycles. The van der Waals surface area contributed by atoms with Crippen molar-refractivity contribution in [1.82, 2.24) is 9.55 Å². The van der Waals surface area contributed by atoms with E-state index in [4.69, 9.17) is 23.2 Å². The molecule has 3 aromatic rings. The minimum atomic E-state index is -0.475. The van der Waals surface area contributed by atoms with Crippen molar-refractivity contribution in [2.24, 2.45) is 7.05 Å². The van der Waals surface area contributed by atoms with Crippen LogP contribution in [0.1, 0.15) is 23.8 Å². The lowest BCUT2D eigenvalue weighted by Crippen LogP contribution is -2.25. The number of carbonyl (C=O) groups excluding carboxylic acids is 1. The molecular formula is C19H17Cl2N3O2S2. The van der Waals surface area contributed by atoms with Crippen LogP contribution in [0, 0.1) is 0 Å². The molecule has 5 nitrogen and oxygen atoms in total. The summed E-state index contributed by atoms with van der Waals surface area (Å²) in [5, 5.41) is 4.25. The lowest BCUT2D eigenvalue weighted by molar-refractivity contribution is -0.115. The molecule has 1 unspecified atom stereocenters. The maximum atomic E-state index is 12.9. The Bertz CT molecular complexity index is 1160. The van der Waals surface area contributed by atoms with Gasteiger partial charge in [-0.25, -0.2) is 4.98 Å². The molecule has 1 aliphatic carbocycles. The third kappa shape index (κ3) is 3.45. The maximum absolute atomic E-state index is 12.9. The zero-order valence-corrected chi connectivity index (χ0v) is 18.4. The highest BCUT2D eigenvalue weighted by atomic mass is 35.5. The average molecular weight is 454 g/mol. The molecule has 2 heterocycles. The Morgan fingerprint density at radius 1 is 1.36 bits per heavy atom. The van der Waals surface area contributed by atoms with Crippen LogP contribution in [0.5, 0.6) is 0 Å². The molecule has 1 N–H and O–H groups in total. The highest BCUT2D eigenvalue weighted by Crippen LogP contribution is 2.36. The molecule has 0 bridgehead atoms. The zero-order chi connectivity index (χ0) is 20.0. The van der Waals surface area contributed by atoms with Crippen LogP contribution in [0.3, 0.4) is 0 Å². The average Bonchev–Trinajstić information content (AvgIpc) is 3.23. The summed E-state index contributed by atoms with van der Waals surface area (Å²) in [4.78, 5) is 32.2. The molecule has 2 aromatic heterocycles. The Kier molecular flexibility index (Phi) is 5.44. The monoisotopic (exact) mass is 453 g/mol. The Balaban J connectivity index is 1.59. The second-order valence-corrected chi connectivity index (χ2v) is 9.82. The van der Waals surface area contributed by atoms with Crippen LogP contribution in [0.15, 0.2) is 28.2 Å². The van der Waals surface area contributed by atoms with E-state index in [-0.39, 0.29) is 11.5 Å². The van der Waals surface area contributed by atoms with Gasteiger partial charge in [-0.1, -0.05) is 41.0 Å². The highest BCUT2D eigenvalue weighted by Gasteiger charge is 2.24. The van der Waals surface area contributed by atoms with E-state index in [9.17, 15) is 9.59 Å². The van der Waals surface area contributed by atoms with E-state index >= 15 is 0 Å². The summed E-state index contributed by atoms with van der Waals surface area (Å²) >= 11 is 15.0. The Labute approximate surface area is 180 Å². The number of hydrogen-bond acceptors (Lipinski definition) is 5. The molecule has 0 aliphatic heterocycles. The molecule has 1 aliphatic rings. The van der Waals surface area contributed by atoms with Crippen LogP contribution in [0.2, 0.25) is 10.0 Å². The van der Waals surface area contributed by atoms with Crippen molar-refractivity contribution in [3.8, 4) is 0 Å². The van der Waals surface area contributed by atoms with Crippen LogP contribution in [-0.2, 0) is 24.7 Å². The first-order chi connectivity index (χ1) is 13.4. The van der Waals surface area contributed by atoms with Gasteiger partial charge in [-0.2, -0.15) is 0 Å². The number of aromatic nitrogens is 2. The van der Waals surface area contributed by atoms with E-state index in [1.807, 2.05) is 0 Å². The Morgan fingerprint density at radius 2 is 2.14 bits per heavy atom. The second-order valence-electron chi connectivity index (χ2n) is 6.65. The number of rotatable bonds is 4. The van der Waals surface area contributed by atoms with Crippen molar-refractivity contribution in [3.05, 3.63) is 49.0 Å². The maximum Gasteiger partial charge on any atom is 0.262 e. The van der Waals surface area contributed by atoms with E-state index in [1.165, 1.54) is 21.2 Å². The molecule has 28 heavy (non-hydrogen) atoms. The van der Waals surface area contributed by atoms with Crippen LogP contribution in [0.4, 0.5) is 5.69 Å². The molecule has 0 spiro atoms. The highest BCUT2D eigenvalue weighted by molar-refractivity contribution is 8.00. The first-order valence-corrected chi connectivity index (χ1v) is 11.2. The quantitative estimate of drug-likeness (QED) is 0.450. The van der Waals surface area contributed by atoms with Crippen molar-refractivity contribution < 1.29 is 4.79 Å². The first kappa shape index (κ1) is 19.8. The van der Waals surface area contributed by atoms with E-state index in [2.05, 4.69) is 10.3 Å². The van der Waals surface area contributed by atoms with Crippen LogP contribution >= 0.6 is 46.3 Å². The second kappa shape index (κ2) is 7.71. The summed E-state index contributed by atoms with van der Waals surface area (Å²) in [5.41, 5.74) is 1.57. The van der Waals surface area contributed by atoms with Crippen molar-refractivity contribution in [2.45, 2.75) is 36.6 Å². The summed E-state index contributed by atoms with van der Waals surface area (Å²) in [5.74, 6) is -0.239. The topological polar surface area (TPSA) is 64.0 Å². The molecule has 0 fully saturated rings. The van der Waals surface area contributed by atoms with Gasteiger partial charge in [-0.05, 0) is 43.9 Å². The first-order valence-electron chi connectivity index (χ1n) is 8.79. The SMILES string of the molecule is CC(Sc1nc2sc3c(c2c(=O)n1C)CCC3)C(=O)Nc1cccc(Cl)c1Cl. The van der Waals surface area contributed by atoms with Crippen LogP contribution < -0.4 is 10.9 Å². The van der Waals surface area contributed by atoms with Gasteiger partial charge in [0.15, 0.2) is 5.16 Å². The standard InChI is InChI=1S/C19H17Cl2N3O2S2/c1-9(16(25)22-12-7-4-6-11(20)15(12)21)27-19-23-17-14(18(26)24(19)2)10-5-3-8-13(10)28-17/h4,6-7,9H,3,5,8H2,1-2H3,(H,22,25). The number of nitrogens with zero attached hydrogens (tertiary/aromatic N) is 2. The van der Waals surface area contributed by atoms with Crippen LogP contribution in [-0.4, -0.2) is 20.7 Å². The number of aryl methyl sites for hydroxylation is 2. The minimum absolute atomic E-state index is 0.0441. The number of amides is 1. The van der Waals surface area contributed by atoms with E-state index < -0.39 is 5.25 Å². The number of halogens is 2. The molecule has 1 atom stereocenters. The van der Waals surface area contributed by atoms with Crippen molar-refractivity contribution in [2.75, 3.05) is 5.32 Å². The van der Waals surface area contributed by atoms with Gasteiger partial charge in [0, 0.05) is 11.9 Å². The number of benzene rings is 1. The van der Waals surface area contributed by atoms with Gasteiger partial charge < -0.3 is 5.32 Å². The number of carbonyl (C=O) groups is 1. The number of thioether (sulfide) groups is 1. The molecule has 0 saturated heterocycles. The van der Waals surface area contributed by atoms with E-state index in [0.29, 0.717) is 20.9 Å². The molecule has 0 saturated carbocycles. The smallest absolute Gasteiger partial charge is 0.262 e. The van der Waals surface area contributed by atoms with Crippen molar-refractivity contribution in [1.29, 1.82) is 0 Å². The lowest BCUT2D eigenvalue weighted by Gasteiger charge is -2.14. The summed E-state index contributed by atoms with van der Waals surface area (Å²) in [6.45, 7) is 1.77. The summed E-state index contributed by atoms with van der Waals surface area (Å²) in [6.07, 6.45) is 3.05. The van der Waals surface area contributed by atoms with Gasteiger partial charge >= 0.3 is 0 Å². The molecular weight excluding hydrogens is 437 g/mol. The molecule has 0 radical (unpaired) electrons. The van der Waals surface area contributed by atoms with Gasteiger partial charge in [0.05, 0.1) is 26.4 Å². The Morgan fingerprint density at radius 3 is 2.93 bits per heavy atom. The van der Waals surface area contributed by atoms with Gasteiger partial charge in [-0.3, -0.25) is 14.2 Å². The lowest BCUT2D eigenvalue weighted by atomic mass is 10.2. The third-order valence-corrected chi connectivity index (χ3v) is 7.91. The number of anilines is 1. The fraction of sp³-hybridized carbons (Fsp3) is 0.316. The fourth-order valence-electron chi connectivity index (χ4n) is 3.26. The van der Waals surface area contributed by atoms with Gasteiger partial charge in [0.25, 0.3) is 5.56 Å². The molecule has 146 valence electrons. The zero-order valence-electron chi connectivity index (χ0n) is 15.2. The largest absolute Gasteiger partial charge is 0.324 e. The van der Waals surface area contributed by atoms with Gasteiger partial charge in [0.2, 0.25) is 5.91 Å². The fourth-order valence-corrected chi connectivity index (χ4v) is 5.78. The summed E-state index contributed by atoms with van der Waals surface area (Å²) in [6, 6.07) is 5.07. The summed E-state index contributed by atoms with van der Waals surface area (Å²) in [7, 11) is 1.70. The van der Waals surface area contributed by atoms with E-state index in [0.717, 1.165) is 35.0 Å². The molecule has 1 amide bonds. The van der Waals surface area contributed by atoms with Crippen molar-refractivity contribution in [3.63, 3.8) is 0 Å². The number of thiophene rings is 1. The predicted octanol–water partition coefficient (Wildman–Crippen LogP) is 4.91. The normalized spacial score (nSPS) is 14.3.